The van der Waals surface area contributed by atoms with E-state index in [1.165, 1.54) is 24.3 Å². The second kappa shape index (κ2) is 6.03. The Balaban J connectivity index is 2.89. The molecule has 1 amide bonds. The molecule has 0 radical (unpaired) electrons. The summed E-state index contributed by atoms with van der Waals surface area (Å²) in [6.07, 6.45) is -4.90. The van der Waals surface area contributed by atoms with Crippen LogP contribution in [0.4, 0.5) is 13.2 Å². The number of hydrogen-bond acceptors (Lipinski definition) is 2. The Bertz CT molecular complexity index is 750. The molecule has 3 N–H and O–H groups in total. The zero-order valence-electron chi connectivity index (χ0n) is 11.4. The third-order valence-electron chi connectivity index (χ3n) is 3.27. The molecule has 122 valence electrons. The molecule has 0 saturated carbocycles. The van der Waals surface area contributed by atoms with E-state index in [9.17, 15) is 23.1 Å². The van der Waals surface area contributed by atoms with Gasteiger partial charge in [-0.05, 0) is 17.7 Å². The molecule has 0 aromatic heterocycles. The molecule has 2 rings (SSSR count). The van der Waals surface area contributed by atoms with Crippen molar-refractivity contribution in [2.75, 3.05) is 0 Å². The van der Waals surface area contributed by atoms with Crippen molar-refractivity contribution in [3.63, 3.8) is 0 Å². The van der Waals surface area contributed by atoms with Crippen molar-refractivity contribution in [3.05, 3.63) is 69.2 Å². The van der Waals surface area contributed by atoms with Gasteiger partial charge in [-0.2, -0.15) is 13.2 Å². The standard InChI is InChI=1S/C15H10Cl2F3NO2/c16-9-6-10(15(18,19)20)12(11(17)7-9)14(23,13(21)22)8-4-2-1-3-5-8/h1-7,23H,(H2,21,22). The Kier molecular flexibility index (Phi) is 4.61. The Labute approximate surface area is 139 Å². The van der Waals surface area contributed by atoms with E-state index in [0.29, 0.717) is 6.07 Å². The van der Waals surface area contributed by atoms with Crippen LogP contribution in [-0.4, -0.2) is 11.0 Å². The number of primary amides is 1. The number of carbonyl (C=O) groups excluding carboxylic acids is 1. The van der Waals surface area contributed by atoms with Gasteiger partial charge in [0.25, 0.3) is 5.91 Å². The first-order valence-electron chi connectivity index (χ1n) is 6.23. The summed E-state index contributed by atoms with van der Waals surface area (Å²) in [5.74, 6) is -1.39. The number of rotatable bonds is 3. The first-order valence-corrected chi connectivity index (χ1v) is 6.98. The van der Waals surface area contributed by atoms with Gasteiger partial charge in [0.2, 0.25) is 0 Å². The van der Waals surface area contributed by atoms with Gasteiger partial charge >= 0.3 is 6.18 Å². The van der Waals surface area contributed by atoms with Gasteiger partial charge in [-0.15, -0.1) is 0 Å². The SMILES string of the molecule is NC(=O)C(O)(c1ccccc1)c1c(Cl)cc(Cl)cc1C(F)(F)F. The maximum atomic E-state index is 13.3. The third kappa shape index (κ3) is 3.15. The van der Waals surface area contributed by atoms with E-state index in [2.05, 4.69) is 0 Å². The van der Waals surface area contributed by atoms with Crippen molar-refractivity contribution in [1.29, 1.82) is 0 Å². The molecular formula is C15H10Cl2F3NO2. The molecule has 2 aromatic carbocycles. The predicted molar refractivity (Wildman–Crippen MR) is 80.1 cm³/mol. The summed E-state index contributed by atoms with van der Waals surface area (Å²) in [7, 11) is 0. The summed E-state index contributed by atoms with van der Waals surface area (Å²) in [5.41, 5.74) is 0.128. The predicted octanol–water partition coefficient (Wildman–Crippen LogP) is 3.73. The number of hydrogen-bond donors (Lipinski definition) is 2. The number of benzene rings is 2. The molecule has 0 aliphatic heterocycles. The lowest BCUT2D eigenvalue weighted by molar-refractivity contribution is -0.143. The van der Waals surface area contributed by atoms with Gasteiger partial charge in [0.05, 0.1) is 5.56 Å². The summed E-state index contributed by atoms with van der Waals surface area (Å²) in [6.45, 7) is 0. The van der Waals surface area contributed by atoms with Gasteiger partial charge in [-0.3, -0.25) is 4.79 Å². The lowest BCUT2D eigenvalue weighted by atomic mass is 9.82. The van der Waals surface area contributed by atoms with Crippen LogP contribution >= 0.6 is 23.2 Å². The van der Waals surface area contributed by atoms with Gasteiger partial charge in [-0.1, -0.05) is 53.5 Å². The van der Waals surface area contributed by atoms with Crippen molar-refractivity contribution in [2.45, 2.75) is 11.8 Å². The lowest BCUT2D eigenvalue weighted by Gasteiger charge is -2.29. The normalized spacial score (nSPS) is 14.3. The van der Waals surface area contributed by atoms with E-state index in [1.807, 2.05) is 0 Å². The minimum atomic E-state index is -4.90. The van der Waals surface area contributed by atoms with Crippen LogP contribution < -0.4 is 5.73 Å². The van der Waals surface area contributed by atoms with Gasteiger partial charge in [-0.25, -0.2) is 0 Å². The Morgan fingerprint density at radius 1 is 1.09 bits per heavy atom. The van der Waals surface area contributed by atoms with Crippen LogP contribution in [0.25, 0.3) is 0 Å². The van der Waals surface area contributed by atoms with Gasteiger partial charge in [0.1, 0.15) is 0 Å². The van der Waals surface area contributed by atoms with Gasteiger partial charge < -0.3 is 10.8 Å². The van der Waals surface area contributed by atoms with E-state index in [1.54, 1.807) is 6.07 Å². The van der Waals surface area contributed by atoms with Crippen molar-refractivity contribution >= 4 is 29.1 Å². The molecule has 0 heterocycles. The van der Waals surface area contributed by atoms with Crippen molar-refractivity contribution in [2.24, 2.45) is 5.73 Å². The highest BCUT2D eigenvalue weighted by atomic mass is 35.5. The largest absolute Gasteiger partial charge is 0.416 e. The first-order chi connectivity index (χ1) is 10.6. The van der Waals surface area contributed by atoms with Gasteiger partial charge in [0.15, 0.2) is 5.60 Å². The molecule has 3 nitrogen and oxygen atoms in total. The number of amides is 1. The fourth-order valence-electron chi connectivity index (χ4n) is 2.25. The molecule has 0 bridgehead atoms. The quantitative estimate of drug-likeness (QED) is 0.872. The number of aliphatic hydroxyl groups is 1. The second-order valence-electron chi connectivity index (χ2n) is 4.75. The average Bonchev–Trinajstić information content (AvgIpc) is 2.45. The van der Waals surface area contributed by atoms with E-state index in [-0.39, 0.29) is 10.6 Å². The molecule has 0 saturated heterocycles. The Hall–Kier alpha value is -1.76. The summed E-state index contributed by atoms with van der Waals surface area (Å²) < 4.78 is 40.0. The summed E-state index contributed by atoms with van der Waals surface area (Å²) in [5, 5.41) is 9.94. The van der Waals surface area contributed by atoms with Crippen LogP contribution in [0, 0.1) is 0 Å². The minimum Gasteiger partial charge on any atom is -0.372 e. The summed E-state index contributed by atoms with van der Waals surface area (Å²) >= 11 is 11.5. The number of nitrogens with two attached hydrogens (primary N) is 1. The van der Waals surface area contributed by atoms with Crippen LogP contribution in [0.5, 0.6) is 0 Å². The molecule has 0 aliphatic carbocycles. The van der Waals surface area contributed by atoms with E-state index in [4.69, 9.17) is 28.9 Å². The molecule has 0 spiro atoms. The third-order valence-corrected chi connectivity index (χ3v) is 3.79. The highest BCUT2D eigenvalue weighted by Crippen LogP contribution is 2.44. The fraction of sp³-hybridized carbons (Fsp3) is 0.133. The molecular weight excluding hydrogens is 354 g/mol. The molecule has 2 aromatic rings. The van der Waals surface area contributed by atoms with Crippen molar-refractivity contribution in [3.8, 4) is 0 Å². The molecule has 0 aliphatic rings. The Morgan fingerprint density at radius 2 is 1.65 bits per heavy atom. The lowest BCUT2D eigenvalue weighted by Crippen LogP contribution is -2.43. The minimum absolute atomic E-state index is 0.137. The highest BCUT2D eigenvalue weighted by Gasteiger charge is 2.47. The van der Waals surface area contributed by atoms with Crippen LogP contribution in [0.3, 0.4) is 0 Å². The maximum Gasteiger partial charge on any atom is 0.416 e. The zero-order valence-corrected chi connectivity index (χ0v) is 12.9. The van der Waals surface area contributed by atoms with Crippen LogP contribution in [0.15, 0.2) is 42.5 Å². The van der Waals surface area contributed by atoms with Crippen LogP contribution in [0.2, 0.25) is 10.0 Å². The summed E-state index contributed by atoms with van der Waals surface area (Å²) in [6, 6.07) is 8.59. The monoisotopic (exact) mass is 363 g/mol. The van der Waals surface area contributed by atoms with Gasteiger partial charge in [0, 0.05) is 15.6 Å². The zero-order chi connectivity index (χ0) is 17.4. The van der Waals surface area contributed by atoms with Crippen LogP contribution in [0.1, 0.15) is 16.7 Å². The van der Waals surface area contributed by atoms with E-state index >= 15 is 0 Å². The number of carbonyl (C=O) groups is 1. The first kappa shape index (κ1) is 17.6. The van der Waals surface area contributed by atoms with Crippen molar-refractivity contribution < 1.29 is 23.1 Å². The second-order valence-corrected chi connectivity index (χ2v) is 5.59. The number of halogens is 5. The van der Waals surface area contributed by atoms with Crippen LogP contribution in [-0.2, 0) is 16.6 Å². The topological polar surface area (TPSA) is 63.3 Å². The molecule has 1 atom stereocenters. The van der Waals surface area contributed by atoms with Crippen molar-refractivity contribution in [1.82, 2.24) is 0 Å². The fourth-order valence-corrected chi connectivity index (χ4v) is 2.88. The maximum absolute atomic E-state index is 13.3. The molecule has 23 heavy (non-hydrogen) atoms. The molecule has 1 unspecified atom stereocenters. The summed E-state index contributed by atoms with van der Waals surface area (Å²) in [4.78, 5) is 11.9. The molecule has 0 fully saturated rings. The average molecular weight is 364 g/mol. The Morgan fingerprint density at radius 3 is 2.13 bits per heavy atom. The molecule has 8 heteroatoms. The van der Waals surface area contributed by atoms with E-state index in [0.717, 1.165) is 6.07 Å². The highest BCUT2D eigenvalue weighted by molar-refractivity contribution is 6.35. The smallest absolute Gasteiger partial charge is 0.372 e. The number of alkyl halides is 3. The van der Waals surface area contributed by atoms with E-state index < -0.39 is 33.8 Å².